The molecule has 2 aliphatic rings. The Bertz CT molecular complexity index is 381. The van der Waals surface area contributed by atoms with Crippen LogP contribution in [0.2, 0.25) is 0 Å². The molecule has 3 nitrogen and oxygen atoms in total. The average Bonchev–Trinajstić information content (AvgIpc) is 3.04. The molecule has 4 heteroatoms. The molecule has 0 bridgehead atoms. The topological polar surface area (TPSA) is 43.8 Å². The molecule has 82 valence electrons. The molecule has 1 saturated carbocycles. The summed E-state index contributed by atoms with van der Waals surface area (Å²) < 4.78 is 3.53. The van der Waals surface area contributed by atoms with Crippen molar-refractivity contribution in [2.75, 3.05) is 6.54 Å². The highest BCUT2D eigenvalue weighted by Gasteiger charge is 2.33. The van der Waals surface area contributed by atoms with Gasteiger partial charge in [0.2, 0.25) is 0 Å². The molecule has 1 atom stereocenters. The van der Waals surface area contributed by atoms with Crippen LogP contribution in [0.25, 0.3) is 0 Å². The summed E-state index contributed by atoms with van der Waals surface area (Å²) in [5.41, 5.74) is 7.10. The lowest BCUT2D eigenvalue weighted by atomic mass is 10.1. The molecule has 3 rings (SSSR count). The first-order valence-electron chi connectivity index (χ1n) is 5.78. The van der Waals surface area contributed by atoms with Gasteiger partial charge in [0.1, 0.15) is 10.4 Å². The van der Waals surface area contributed by atoms with Crippen molar-refractivity contribution < 1.29 is 0 Å². The number of nitrogens with two attached hydrogens (primary N) is 1. The highest BCUT2D eigenvalue weighted by Crippen LogP contribution is 2.44. The SMILES string of the molecule is NCC1CCCc2nc(C3CC3)c(Br)n21. The van der Waals surface area contributed by atoms with E-state index in [0.29, 0.717) is 6.04 Å². The van der Waals surface area contributed by atoms with Crippen LogP contribution >= 0.6 is 15.9 Å². The second-order valence-electron chi connectivity index (χ2n) is 4.63. The van der Waals surface area contributed by atoms with E-state index in [-0.39, 0.29) is 0 Å². The zero-order valence-electron chi connectivity index (χ0n) is 8.75. The highest BCUT2D eigenvalue weighted by molar-refractivity contribution is 9.10. The van der Waals surface area contributed by atoms with Gasteiger partial charge in [-0.15, -0.1) is 0 Å². The second kappa shape index (κ2) is 3.59. The predicted molar refractivity (Wildman–Crippen MR) is 62.9 cm³/mol. The van der Waals surface area contributed by atoms with Crippen LogP contribution in [0.4, 0.5) is 0 Å². The minimum absolute atomic E-state index is 0.461. The molecule has 1 unspecified atom stereocenters. The third-order valence-electron chi connectivity index (χ3n) is 3.49. The first-order valence-corrected chi connectivity index (χ1v) is 6.57. The fourth-order valence-corrected chi connectivity index (χ4v) is 3.39. The zero-order chi connectivity index (χ0) is 10.4. The van der Waals surface area contributed by atoms with Crippen LogP contribution in [0.1, 0.15) is 49.2 Å². The summed E-state index contributed by atoms with van der Waals surface area (Å²) in [4.78, 5) is 4.77. The molecule has 2 heterocycles. The summed E-state index contributed by atoms with van der Waals surface area (Å²) in [6.07, 6.45) is 6.16. The molecule has 1 aromatic heterocycles. The minimum Gasteiger partial charge on any atom is -0.328 e. The van der Waals surface area contributed by atoms with E-state index in [1.165, 1.54) is 41.8 Å². The molecule has 1 aliphatic heterocycles. The average molecular weight is 270 g/mol. The Morgan fingerprint density at radius 3 is 2.87 bits per heavy atom. The fraction of sp³-hybridized carbons (Fsp3) is 0.727. The van der Waals surface area contributed by atoms with Gasteiger partial charge in [0.05, 0.1) is 5.69 Å². The normalized spacial score (nSPS) is 25.3. The van der Waals surface area contributed by atoms with Crippen LogP contribution in [-0.4, -0.2) is 16.1 Å². The Labute approximate surface area is 98.2 Å². The van der Waals surface area contributed by atoms with Crippen LogP contribution in [-0.2, 0) is 6.42 Å². The Balaban J connectivity index is 2.05. The minimum atomic E-state index is 0.461. The summed E-state index contributed by atoms with van der Waals surface area (Å²) in [7, 11) is 0. The summed E-state index contributed by atoms with van der Waals surface area (Å²) in [6, 6.07) is 0.461. The maximum Gasteiger partial charge on any atom is 0.110 e. The van der Waals surface area contributed by atoms with E-state index >= 15 is 0 Å². The number of aromatic nitrogens is 2. The van der Waals surface area contributed by atoms with E-state index in [9.17, 15) is 0 Å². The van der Waals surface area contributed by atoms with Crippen LogP contribution in [0, 0.1) is 0 Å². The maximum absolute atomic E-state index is 5.82. The van der Waals surface area contributed by atoms with Crippen molar-refractivity contribution >= 4 is 15.9 Å². The molecule has 1 aromatic rings. The van der Waals surface area contributed by atoms with E-state index in [4.69, 9.17) is 10.7 Å². The van der Waals surface area contributed by atoms with E-state index < -0.39 is 0 Å². The molecule has 0 saturated heterocycles. The molecule has 0 amide bonds. The summed E-state index contributed by atoms with van der Waals surface area (Å²) in [6.45, 7) is 0.728. The number of aryl methyl sites for hydroxylation is 1. The lowest BCUT2D eigenvalue weighted by Crippen LogP contribution is -2.25. The molecule has 0 radical (unpaired) electrons. The molecule has 0 spiro atoms. The van der Waals surface area contributed by atoms with Gasteiger partial charge in [-0.2, -0.15) is 0 Å². The van der Waals surface area contributed by atoms with Gasteiger partial charge in [-0.05, 0) is 41.6 Å². The summed E-state index contributed by atoms with van der Waals surface area (Å²) >= 11 is 3.70. The van der Waals surface area contributed by atoms with Crippen molar-refractivity contribution in [1.82, 2.24) is 9.55 Å². The van der Waals surface area contributed by atoms with Crippen LogP contribution in [0.15, 0.2) is 4.60 Å². The first kappa shape index (κ1) is 9.85. The van der Waals surface area contributed by atoms with Crippen LogP contribution in [0.5, 0.6) is 0 Å². The van der Waals surface area contributed by atoms with Crippen LogP contribution < -0.4 is 5.73 Å². The van der Waals surface area contributed by atoms with Crippen molar-refractivity contribution in [2.24, 2.45) is 5.73 Å². The molecular formula is C11H16BrN3. The fourth-order valence-electron chi connectivity index (χ4n) is 2.49. The molecule has 1 aliphatic carbocycles. The molecule has 2 N–H and O–H groups in total. The Hall–Kier alpha value is -0.350. The van der Waals surface area contributed by atoms with Crippen molar-refractivity contribution in [1.29, 1.82) is 0 Å². The standard InChI is InChI=1S/C11H16BrN3/c12-11-10(7-4-5-7)14-9-3-1-2-8(6-13)15(9)11/h7-8H,1-6,13H2. The van der Waals surface area contributed by atoms with E-state index in [1.807, 2.05) is 0 Å². The quantitative estimate of drug-likeness (QED) is 0.896. The number of hydrogen-bond donors (Lipinski definition) is 1. The smallest absolute Gasteiger partial charge is 0.110 e. The Kier molecular flexibility index (Phi) is 2.36. The number of hydrogen-bond acceptors (Lipinski definition) is 2. The second-order valence-corrected chi connectivity index (χ2v) is 5.38. The van der Waals surface area contributed by atoms with Gasteiger partial charge in [-0.1, -0.05) is 0 Å². The number of halogens is 1. The molecule has 1 fully saturated rings. The highest BCUT2D eigenvalue weighted by atomic mass is 79.9. The number of nitrogens with zero attached hydrogens (tertiary/aromatic N) is 2. The first-order chi connectivity index (χ1) is 7.31. The van der Waals surface area contributed by atoms with Gasteiger partial charge in [0.15, 0.2) is 0 Å². The predicted octanol–water partition coefficient (Wildman–Crippen LogP) is 2.36. The number of fused-ring (bicyclic) bond motifs is 1. The third kappa shape index (κ3) is 1.54. The van der Waals surface area contributed by atoms with Crippen molar-refractivity contribution in [3.8, 4) is 0 Å². The van der Waals surface area contributed by atoms with E-state index in [1.54, 1.807) is 0 Å². The monoisotopic (exact) mass is 269 g/mol. The lowest BCUT2D eigenvalue weighted by molar-refractivity contribution is 0.399. The molecular weight excluding hydrogens is 254 g/mol. The van der Waals surface area contributed by atoms with Gasteiger partial charge in [0, 0.05) is 24.9 Å². The van der Waals surface area contributed by atoms with Crippen molar-refractivity contribution in [3.05, 3.63) is 16.1 Å². The van der Waals surface area contributed by atoms with Crippen molar-refractivity contribution in [3.63, 3.8) is 0 Å². The Morgan fingerprint density at radius 1 is 1.40 bits per heavy atom. The van der Waals surface area contributed by atoms with Gasteiger partial charge in [-0.3, -0.25) is 0 Å². The van der Waals surface area contributed by atoms with Gasteiger partial charge < -0.3 is 10.3 Å². The van der Waals surface area contributed by atoms with E-state index in [0.717, 1.165) is 18.9 Å². The van der Waals surface area contributed by atoms with E-state index in [2.05, 4.69) is 20.5 Å². The molecule has 15 heavy (non-hydrogen) atoms. The lowest BCUT2D eigenvalue weighted by Gasteiger charge is -2.24. The number of rotatable bonds is 2. The third-order valence-corrected chi connectivity index (χ3v) is 4.28. The zero-order valence-corrected chi connectivity index (χ0v) is 10.3. The van der Waals surface area contributed by atoms with Crippen molar-refractivity contribution in [2.45, 2.75) is 44.1 Å². The van der Waals surface area contributed by atoms with Gasteiger partial charge >= 0.3 is 0 Å². The van der Waals surface area contributed by atoms with Crippen LogP contribution in [0.3, 0.4) is 0 Å². The Morgan fingerprint density at radius 2 is 2.20 bits per heavy atom. The maximum atomic E-state index is 5.82. The molecule has 0 aromatic carbocycles. The van der Waals surface area contributed by atoms with Gasteiger partial charge in [-0.25, -0.2) is 4.98 Å². The van der Waals surface area contributed by atoms with Gasteiger partial charge in [0.25, 0.3) is 0 Å². The summed E-state index contributed by atoms with van der Waals surface area (Å²) in [5, 5.41) is 0. The largest absolute Gasteiger partial charge is 0.328 e. The summed E-state index contributed by atoms with van der Waals surface area (Å²) in [5.74, 6) is 1.96. The number of imidazole rings is 1.